The first-order valence-electron chi connectivity index (χ1n) is 6.20. The molecule has 3 N–H and O–H groups in total. The van der Waals surface area contributed by atoms with Crippen LogP contribution in [-0.2, 0) is 6.61 Å². The van der Waals surface area contributed by atoms with Crippen molar-refractivity contribution in [2.75, 3.05) is 7.11 Å². The highest BCUT2D eigenvalue weighted by Gasteiger charge is 2.10. The summed E-state index contributed by atoms with van der Waals surface area (Å²) in [5.74, 6) is 5.18. The molecular weight excluding hydrogens is 275 g/mol. The molecule has 0 bridgehead atoms. The molecule has 0 aliphatic rings. The number of rotatable bonds is 5. The quantitative estimate of drug-likeness (QED) is 0.502. The Labute approximate surface area is 121 Å². The maximum atomic E-state index is 13.1. The van der Waals surface area contributed by atoms with Crippen LogP contribution in [0.25, 0.3) is 0 Å². The van der Waals surface area contributed by atoms with Gasteiger partial charge in [0.25, 0.3) is 5.91 Å². The normalized spacial score (nSPS) is 10.0. The van der Waals surface area contributed by atoms with Crippen molar-refractivity contribution >= 4 is 5.91 Å². The standard InChI is InChI=1S/C15H15FN2O3/c1-20-14-8-11(15(19)18-17)5-6-13(14)21-9-10-3-2-4-12(16)7-10/h2-8H,9,17H2,1H3,(H,18,19). The van der Waals surface area contributed by atoms with Crippen molar-refractivity contribution in [2.45, 2.75) is 6.61 Å². The summed E-state index contributed by atoms with van der Waals surface area (Å²) in [6, 6.07) is 10.8. The highest BCUT2D eigenvalue weighted by Crippen LogP contribution is 2.28. The Morgan fingerprint density at radius 1 is 1.24 bits per heavy atom. The fraction of sp³-hybridized carbons (Fsp3) is 0.133. The van der Waals surface area contributed by atoms with Crippen molar-refractivity contribution in [1.82, 2.24) is 5.43 Å². The molecule has 0 aliphatic carbocycles. The van der Waals surface area contributed by atoms with Crippen molar-refractivity contribution in [1.29, 1.82) is 0 Å². The van der Waals surface area contributed by atoms with E-state index in [9.17, 15) is 9.18 Å². The molecule has 2 aromatic carbocycles. The van der Waals surface area contributed by atoms with Crippen LogP contribution in [0, 0.1) is 5.82 Å². The van der Waals surface area contributed by atoms with Gasteiger partial charge in [-0.3, -0.25) is 10.2 Å². The number of hydrogen-bond donors (Lipinski definition) is 2. The van der Waals surface area contributed by atoms with Crippen LogP contribution in [0.15, 0.2) is 42.5 Å². The molecule has 0 unspecified atom stereocenters. The van der Waals surface area contributed by atoms with E-state index in [1.54, 1.807) is 24.3 Å². The number of methoxy groups -OCH3 is 1. The van der Waals surface area contributed by atoms with Crippen molar-refractivity contribution in [2.24, 2.45) is 5.84 Å². The highest BCUT2D eigenvalue weighted by atomic mass is 19.1. The largest absolute Gasteiger partial charge is 0.493 e. The van der Waals surface area contributed by atoms with Crippen molar-refractivity contribution in [3.63, 3.8) is 0 Å². The third-order valence-corrected chi connectivity index (χ3v) is 2.84. The monoisotopic (exact) mass is 290 g/mol. The Morgan fingerprint density at radius 3 is 2.71 bits per heavy atom. The third kappa shape index (κ3) is 3.70. The number of carbonyl (C=O) groups excluding carboxylic acids is 1. The maximum Gasteiger partial charge on any atom is 0.265 e. The molecule has 1 amide bonds. The summed E-state index contributed by atoms with van der Waals surface area (Å²) >= 11 is 0. The summed E-state index contributed by atoms with van der Waals surface area (Å²) < 4.78 is 23.8. The van der Waals surface area contributed by atoms with Gasteiger partial charge < -0.3 is 9.47 Å². The molecule has 5 nitrogen and oxygen atoms in total. The number of amides is 1. The van der Waals surface area contributed by atoms with E-state index in [4.69, 9.17) is 15.3 Å². The molecule has 21 heavy (non-hydrogen) atoms. The molecule has 6 heteroatoms. The number of halogens is 1. The van der Waals surface area contributed by atoms with E-state index >= 15 is 0 Å². The van der Waals surface area contributed by atoms with Gasteiger partial charge in [-0.2, -0.15) is 0 Å². The second kappa shape index (κ2) is 6.71. The predicted octanol–water partition coefficient (Wildman–Crippen LogP) is 2.02. The molecule has 0 spiro atoms. The van der Waals surface area contributed by atoms with Crippen LogP contribution < -0.4 is 20.7 Å². The minimum absolute atomic E-state index is 0.191. The summed E-state index contributed by atoms with van der Waals surface area (Å²) in [7, 11) is 1.47. The van der Waals surface area contributed by atoms with Gasteiger partial charge in [0.2, 0.25) is 0 Å². The second-order valence-corrected chi connectivity index (χ2v) is 4.26. The average molecular weight is 290 g/mol. The summed E-state index contributed by atoms with van der Waals surface area (Å²) in [5, 5.41) is 0. The lowest BCUT2D eigenvalue weighted by molar-refractivity contribution is 0.0953. The zero-order chi connectivity index (χ0) is 15.2. The van der Waals surface area contributed by atoms with Gasteiger partial charge in [-0.1, -0.05) is 12.1 Å². The minimum atomic E-state index is -0.426. The molecule has 2 rings (SSSR count). The van der Waals surface area contributed by atoms with E-state index in [0.717, 1.165) is 0 Å². The van der Waals surface area contributed by atoms with Gasteiger partial charge in [-0.25, -0.2) is 10.2 Å². The molecule has 2 aromatic rings. The number of carbonyl (C=O) groups is 1. The number of nitrogens with two attached hydrogens (primary N) is 1. The Balaban J connectivity index is 2.14. The Bertz CT molecular complexity index is 647. The number of nitrogen functional groups attached to an aromatic ring is 1. The van der Waals surface area contributed by atoms with Gasteiger partial charge in [0.1, 0.15) is 12.4 Å². The Hall–Kier alpha value is -2.60. The van der Waals surface area contributed by atoms with Gasteiger partial charge in [-0.15, -0.1) is 0 Å². The van der Waals surface area contributed by atoms with E-state index < -0.39 is 5.91 Å². The van der Waals surface area contributed by atoms with E-state index in [2.05, 4.69) is 0 Å². The fourth-order valence-electron chi connectivity index (χ4n) is 1.80. The van der Waals surface area contributed by atoms with Crippen molar-refractivity contribution in [3.05, 3.63) is 59.4 Å². The summed E-state index contributed by atoms with van der Waals surface area (Å²) in [6.45, 7) is 0.191. The van der Waals surface area contributed by atoms with Crippen molar-refractivity contribution < 1.29 is 18.7 Å². The molecule has 0 radical (unpaired) electrons. The Kier molecular flexibility index (Phi) is 4.73. The van der Waals surface area contributed by atoms with Crippen LogP contribution in [0.3, 0.4) is 0 Å². The zero-order valence-corrected chi connectivity index (χ0v) is 11.4. The first-order valence-corrected chi connectivity index (χ1v) is 6.20. The number of ether oxygens (including phenoxy) is 2. The van der Waals surface area contributed by atoms with Gasteiger partial charge >= 0.3 is 0 Å². The van der Waals surface area contributed by atoms with E-state index in [1.165, 1.54) is 25.3 Å². The topological polar surface area (TPSA) is 73.6 Å². The highest BCUT2D eigenvalue weighted by molar-refractivity contribution is 5.94. The van der Waals surface area contributed by atoms with Crippen LogP contribution in [-0.4, -0.2) is 13.0 Å². The van der Waals surface area contributed by atoms with Crippen LogP contribution in [0.2, 0.25) is 0 Å². The van der Waals surface area contributed by atoms with Gasteiger partial charge in [0, 0.05) is 5.56 Å². The maximum absolute atomic E-state index is 13.1. The summed E-state index contributed by atoms with van der Waals surface area (Å²) in [4.78, 5) is 11.4. The van der Waals surface area contributed by atoms with Crippen LogP contribution in [0.4, 0.5) is 4.39 Å². The van der Waals surface area contributed by atoms with Gasteiger partial charge in [0.15, 0.2) is 11.5 Å². The number of benzene rings is 2. The Morgan fingerprint density at radius 2 is 2.05 bits per heavy atom. The van der Waals surface area contributed by atoms with Crippen LogP contribution >= 0.6 is 0 Å². The molecule has 0 aromatic heterocycles. The second-order valence-electron chi connectivity index (χ2n) is 4.26. The van der Waals surface area contributed by atoms with Gasteiger partial charge in [0.05, 0.1) is 7.11 Å². The molecular formula is C15H15FN2O3. The fourth-order valence-corrected chi connectivity index (χ4v) is 1.80. The lowest BCUT2D eigenvalue weighted by Gasteiger charge is -2.12. The number of hydrogen-bond acceptors (Lipinski definition) is 4. The predicted molar refractivity (Wildman–Crippen MR) is 75.4 cm³/mol. The third-order valence-electron chi connectivity index (χ3n) is 2.84. The molecule has 110 valence electrons. The van der Waals surface area contributed by atoms with Crippen LogP contribution in [0.1, 0.15) is 15.9 Å². The minimum Gasteiger partial charge on any atom is -0.493 e. The van der Waals surface area contributed by atoms with E-state index in [-0.39, 0.29) is 12.4 Å². The van der Waals surface area contributed by atoms with Gasteiger partial charge in [-0.05, 0) is 35.9 Å². The smallest absolute Gasteiger partial charge is 0.265 e. The summed E-state index contributed by atoms with van der Waals surface area (Å²) in [6.07, 6.45) is 0. The zero-order valence-electron chi connectivity index (χ0n) is 11.4. The van der Waals surface area contributed by atoms with E-state index in [0.29, 0.717) is 22.6 Å². The molecule has 0 atom stereocenters. The molecule has 0 fully saturated rings. The number of nitrogens with one attached hydrogen (secondary N) is 1. The molecule has 0 saturated heterocycles. The SMILES string of the molecule is COc1cc(C(=O)NN)ccc1OCc1cccc(F)c1. The lowest BCUT2D eigenvalue weighted by atomic mass is 10.2. The van der Waals surface area contributed by atoms with Crippen molar-refractivity contribution in [3.8, 4) is 11.5 Å². The van der Waals surface area contributed by atoms with E-state index in [1.807, 2.05) is 5.43 Å². The first kappa shape index (κ1) is 14.8. The summed E-state index contributed by atoms with van der Waals surface area (Å²) in [5.41, 5.74) is 3.09. The lowest BCUT2D eigenvalue weighted by Crippen LogP contribution is -2.29. The average Bonchev–Trinajstić information content (AvgIpc) is 2.52. The number of hydrazine groups is 1. The van der Waals surface area contributed by atoms with Crippen LogP contribution in [0.5, 0.6) is 11.5 Å². The molecule has 0 saturated carbocycles. The first-order chi connectivity index (χ1) is 10.1. The molecule has 0 aliphatic heterocycles. The molecule has 0 heterocycles.